The Morgan fingerprint density at radius 2 is 1.33 bits per heavy atom. The summed E-state index contributed by atoms with van der Waals surface area (Å²) in [6.07, 6.45) is 1.40. The molecule has 1 aromatic carbocycles. The van der Waals surface area contributed by atoms with E-state index in [0.29, 0.717) is 12.8 Å². The van der Waals surface area contributed by atoms with Crippen LogP contribution in [0.25, 0.3) is 20.9 Å². The molecule has 0 fully saturated rings. The van der Waals surface area contributed by atoms with Crippen LogP contribution in [0, 0.1) is 0 Å². The summed E-state index contributed by atoms with van der Waals surface area (Å²) in [7, 11) is 0. The third-order valence-electron chi connectivity index (χ3n) is 2.65. The minimum Gasteiger partial charge on any atom is -0.0906 e. The molecular weight excluding hydrogens is 228 g/mol. The Kier molecular flexibility index (Phi) is 5.58. The number of benzene rings is 1. The first-order valence-corrected chi connectivity index (χ1v) is 5.82. The Labute approximate surface area is 106 Å². The first-order chi connectivity index (χ1) is 8.67. The van der Waals surface area contributed by atoms with Crippen molar-refractivity contribution in [3.05, 3.63) is 56.3 Å². The number of hydrogen-bond acceptors (Lipinski definition) is 2. The molecular formula is C12H16N6. The number of hydrogen-bond donors (Lipinski definition) is 0. The topological polar surface area (TPSA) is 97.5 Å². The first kappa shape index (κ1) is 13.9. The van der Waals surface area contributed by atoms with Crippen LogP contribution in [0.5, 0.6) is 0 Å². The molecule has 0 saturated carbocycles. The van der Waals surface area contributed by atoms with Crippen molar-refractivity contribution in [1.82, 2.24) is 0 Å². The molecule has 2 atom stereocenters. The van der Waals surface area contributed by atoms with Crippen molar-refractivity contribution in [2.24, 2.45) is 10.2 Å². The molecule has 0 amide bonds. The Morgan fingerprint density at radius 1 is 0.944 bits per heavy atom. The summed E-state index contributed by atoms with van der Waals surface area (Å²) in [5.74, 6) is 0. The summed E-state index contributed by atoms with van der Waals surface area (Å²) < 4.78 is 0. The van der Waals surface area contributed by atoms with Crippen LogP contribution < -0.4 is 0 Å². The zero-order valence-corrected chi connectivity index (χ0v) is 10.6. The van der Waals surface area contributed by atoms with Gasteiger partial charge in [0.25, 0.3) is 0 Å². The Morgan fingerprint density at radius 3 is 1.67 bits per heavy atom. The van der Waals surface area contributed by atoms with Crippen LogP contribution >= 0.6 is 0 Å². The van der Waals surface area contributed by atoms with E-state index in [1.54, 1.807) is 0 Å². The van der Waals surface area contributed by atoms with Gasteiger partial charge in [-0.2, -0.15) is 0 Å². The van der Waals surface area contributed by atoms with Crippen molar-refractivity contribution in [2.75, 3.05) is 0 Å². The Balaban J connectivity index is 2.85. The lowest BCUT2D eigenvalue weighted by atomic mass is 9.97. The zero-order chi connectivity index (χ0) is 13.4. The van der Waals surface area contributed by atoms with Gasteiger partial charge < -0.3 is 0 Å². The maximum absolute atomic E-state index is 8.40. The summed E-state index contributed by atoms with van der Waals surface area (Å²) in [5, 5.41) is 7.35. The van der Waals surface area contributed by atoms with E-state index in [9.17, 15) is 0 Å². The Hall–Kier alpha value is -2.16. The van der Waals surface area contributed by atoms with E-state index >= 15 is 0 Å². The fourth-order valence-corrected chi connectivity index (χ4v) is 1.85. The van der Waals surface area contributed by atoms with Crippen molar-refractivity contribution in [3.8, 4) is 0 Å². The van der Waals surface area contributed by atoms with E-state index in [1.165, 1.54) is 0 Å². The SMILES string of the molecule is CC(Cc1ccccc1CC(C)N=[N+]=[N-])N=[N+]=[N-]. The largest absolute Gasteiger partial charge is 0.0906 e. The maximum Gasteiger partial charge on any atom is 0.0386 e. The fourth-order valence-electron chi connectivity index (χ4n) is 1.85. The number of nitrogens with zero attached hydrogens (tertiary/aromatic N) is 6. The molecule has 0 aliphatic rings. The van der Waals surface area contributed by atoms with Gasteiger partial charge in [-0.05, 0) is 35.0 Å². The lowest BCUT2D eigenvalue weighted by molar-refractivity contribution is 0.697. The molecule has 0 radical (unpaired) electrons. The van der Waals surface area contributed by atoms with Gasteiger partial charge in [-0.3, -0.25) is 0 Å². The molecule has 0 aromatic heterocycles. The molecule has 6 heteroatoms. The highest BCUT2D eigenvalue weighted by molar-refractivity contribution is 5.28. The van der Waals surface area contributed by atoms with Gasteiger partial charge in [0.05, 0.1) is 0 Å². The molecule has 0 saturated heterocycles. The molecule has 1 rings (SSSR count). The molecule has 0 aliphatic heterocycles. The van der Waals surface area contributed by atoms with Crippen molar-refractivity contribution >= 4 is 0 Å². The molecule has 0 N–H and O–H groups in total. The maximum atomic E-state index is 8.40. The van der Waals surface area contributed by atoms with E-state index in [2.05, 4.69) is 20.1 Å². The van der Waals surface area contributed by atoms with Gasteiger partial charge >= 0.3 is 0 Å². The van der Waals surface area contributed by atoms with Crippen LogP contribution in [0.15, 0.2) is 34.5 Å². The van der Waals surface area contributed by atoms with Crippen molar-refractivity contribution < 1.29 is 0 Å². The normalized spacial score (nSPS) is 13.0. The minimum absolute atomic E-state index is 0.0778. The second-order valence-corrected chi connectivity index (χ2v) is 4.28. The van der Waals surface area contributed by atoms with E-state index in [0.717, 1.165) is 11.1 Å². The van der Waals surface area contributed by atoms with Crippen LogP contribution in [0.1, 0.15) is 25.0 Å². The van der Waals surface area contributed by atoms with E-state index < -0.39 is 0 Å². The van der Waals surface area contributed by atoms with Gasteiger partial charge in [0.1, 0.15) is 0 Å². The average Bonchev–Trinajstić information content (AvgIpc) is 2.32. The van der Waals surface area contributed by atoms with E-state index in [4.69, 9.17) is 11.1 Å². The predicted molar refractivity (Wildman–Crippen MR) is 71.1 cm³/mol. The fraction of sp³-hybridized carbons (Fsp3) is 0.500. The highest BCUT2D eigenvalue weighted by Gasteiger charge is 2.08. The van der Waals surface area contributed by atoms with Gasteiger partial charge in [0, 0.05) is 21.9 Å². The lowest BCUT2D eigenvalue weighted by Crippen LogP contribution is -2.08. The number of rotatable bonds is 6. The van der Waals surface area contributed by atoms with E-state index in [1.807, 2.05) is 38.1 Å². The monoisotopic (exact) mass is 244 g/mol. The molecule has 2 unspecified atom stereocenters. The zero-order valence-electron chi connectivity index (χ0n) is 10.6. The van der Waals surface area contributed by atoms with Gasteiger partial charge in [-0.1, -0.05) is 48.3 Å². The highest BCUT2D eigenvalue weighted by atomic mass is 15.1. The minimum atomic E-state index is -0.0778. The third kappa shape index (κ3) is 4.37. The van der Waals surface area contributed by atoms with Crippen LogP contribution in [0.4, 0.5) is 0 Å². The lowest BCUT2D eigenvalue weighted by Gasteiger charge is -2.12. The quantitative estimate of drug-likeness (QED) is 0.407. The molecule has 1 aromatic rings. The molecule has 0 aliphatic carbocycles. The summed E-state index contributed by atoms with van der Waals surface area (Å²) in [6, 6.07) is 7.79. The van der Waals surface area contributed by atoms with Crippen LogP contribution in [-0.2, 0) is 12.8 Å². The van der Waals surface area contributed by atoms with Gasteiger partial charge in [0.2, 0.25) is 0 Å². The first-order valence-electron chi connectivity index (χ1n) is 5.82. The molecule has 6 nitrogen and oxygen atoms in total. The van der Waals surface area contributed by atoms with Crippen molar-refractivity contribution in [3.63, 3.8) is 0 Å². The molecule has 94 valence electrons. The number of azide groups is 2. The molecule has 0 spiro atoms. The highest BCUT2D eigenvalue weighted by Crippen LogP contribution is 2.15. The Bertz CT molecular complexity index is 440. The molecule has 0 bridgehead atoms. The third-order valence-corrected chi connectivity index (χ3v) is 2.65. The molecule has 0 heterocycles. The summed E-state index contributed by atoms with van der Waals surface area (Å²) >= 11 is 0. The second-order valence-electron chi connectivity index (χ2n) is 4.28. The summed E-state index contributed by atoms with van der Waals surface area (Å²) in [4.78, 5) is 5.62. The van der Waals surface area contributed by atoms with E-state index in [-0.39, 0.29) is 12.1 Å². The van der Waals surface area contributed by atoms with Crippen molar-refractivity contribution in [2.45, 2.75) is 38.8 Å². The van der Waals surface area contributed by atoms with Gasteiger partial charge in [-0.15, -0.1) is 0 Å². The average molecular weight is 244 g/mol. The van der Waals surface area contributed by atoms with Crippen LogP contribution in [-0.4, -0.2) is 12.1 Å². The van der Waals surface area contributed by atoms with Crippen LogP contribution in [0.2, 0.25) is 0 Å². The predicted octanol–water partition coefficient (Wildman–Crippen LogP) is 4.17. The summed E-state index contributed by atoms with van der Waals surface area (Å²) in [5.41, 5.74) is 19.1. The second kappa shape index (κ2) is 7.22. The summed E-state index contributed by atoms with van der Waals surface area (Å²) in [6.45, 7) is 3.76. The van der Waals surface area contributed by atoms with Crippen LogP contribution in [0.3, 0.4) is 0 Å². The van der Waals surface area contributed by atoms with Gasteiger partial charge in [-0.25, -0.2) is 0 Å². The van der Waals surface area contributed by atoms with Gasteiger partial charge in [0.15, 0.2) is 0 Å². The molecule has 18 heavy (non-hydrogen) atoms. The standard InChI is InChI=1S/C12H16N6/c1-9(15-17-13)7-11-5-3-4-6-12(11)8-10(2)16-18-14/h3-6,9-10H,7-8H2,1-2H3. The smallest absolute Gasteiger partial charge is 0.0386 e. The van der Waals surface area contributed by atoms with Crippen molar-refractivity contribution in [1.29, 1.82) is 0 Å².